The minimum Gasteiger partial charge on any atom is -0.355 e. The van der Waals surface area contributed by atoms with Crippen LogP contribution in [0.5, 0.6) is 0 Å². The van der Waals surface area contributed by atoms with Gasteiger partial charge in [0.05, 0.1) is 10.6 Å². The average Bonchev–Trinajstić information content (AvgIpc) is 3.02. The van der Waals surface area contributed by atoms with Crippen molar-refractivity contribution in [1.29, 1.82) is 0 Å². The zero-order valence-electron chi connectivity index (χ0n) is 11.2. The Balaban J connectivity index is 1.98. The van der Waals surface area contributed by atoms with E-state index in [2.05, 4.69) is 15.6 Å². The number of aromatic nitrogens is 1. The van der Waals surface area contributed by atoms with Crippen LogP contribution in [0.1, 0.15) is 22.3 Å². The van der Waals surface area contributed by atoms with Crippen LogP contribution in [0.25, 0.3) is 9.88 Å². The van der Waals surface area contributed by atoms with Crippen LogP contribution in [0.15, 0.2) is 17.5 Å². The largest absolute Gasteiger partial charge is 0.355 e. The van der Waals surface area contributed by atoms with E-state index in [0.717, 1.165) is 15.6 Å². The molecule has 0 bridgehead atoms. The van der Waals surface area contributed by atoms with Crippen LogP contribution in [0.3, 0.4) is 0 Å². The third kappa shape index (κ3) is 3.64. The van der Waals surface area contributed by atoms with Crippen molar-refractivity contribution in [2.45, 2.75) is 13.8 Å². The molecule has 2 heterocycles. The molecule has 20 heavy (non-hydrogen) atoms. The number of thiophene rings is 1. The number of nitrogens with one attached hydrogen (secondary N) is 2. The quantitative estimate of drug-likeness (QED) is 0.830. The molecule has 0 saturated heterocycles. The van der Waals surface area contributed by atoms with E-state index in [1.807, 2.05) is 24.4 Å². The fraction of sp³-hybridized carbons (Fsp3) is 0.308. The van der Waals surface area contributed by atoms with Crippen LogP contribution in [0.2, 0.25) is 0 Å². The van der Waals surface area contributed by atoms with Crippen molar-refractivity contribution in [2.24, 2.45) is 0 Å². The Morgan fingerprint density at radius 2 is 2.05 bits per heavy atom. The number of carbonyl (C=O) groups excluding carboxylic acids is 2. The topological polar surface area (TPSA) is 71.1 Å². The van der Waals surface area contributed by atoms with Gasteiger partial charge in [-0.3, -0.25) is 9.59 Å². The molecule has 7 heteroatoms. The summed E-state index contributed by atoms with van der Waals surface area (Å²) in [4.78, 5) is 28.9. The summed E-state index contributed by atoms with van der Waals surface area (Å²) >= 11 is 2.99. The molecule has 2 aromatic rings. The molecule has 2 amide bonds. The van der Waals surface area contributed by atoms with Crippen LogP contribution in [-0.4, -0.2) is 29.9 Å². The molecule has 0 radical (unpaired) electrons. The van der Waals surface area contributed by atoms with Gasteiger partial charge in [0.15, 0.2) is 0 Å². The number of aryl methyl sites for hydroxylation is 1. The Labute approximate surface area is 125 Å². The number of carbonyl (C=O) groups is 2. The minimum absolute atomic E-state index is 0.104. The van der Waals surface area contributed by atoms with Crippen LogP contribution >= 0.6 is 22.7 Å². The van der Waals surface area contributed by atoms with E-state index >= 15 is 0 Å². The number of rotatable bonds is 5. The first-order valence-corrected chi connectivity index (χ1v) is 7.81. The van der Waals surface area contributed by atoms with Gasteiger partial charge in [-0.1, -0.05) is 6.07 Å². The highest BCUT2D eigenvalue weighted by Gasteiger charge is 2.16. The molecule has 5 nitrogen and oxygen atoms in total. The zero-order valence-corrected chi connectivity index (χ0v) is 12.9. The number of hydrogen-bond donors (Lipinski definition) is 2. The van der Waals surface area contributed by atoms with Crippen molar-refractivity contribution in [3.8, 4) is 9.88 Å². The second kappa shape index (κ2) is 6.62. The van der Waals surface area contributed by atoms with Crippen LogP contribution < -0.4 is 10.6 Å². The standard InChI is InChI=1S/C13H15N3O2S2/c1-8-11(12(18)15-6-5-14-9(2)17)20-13(16-8)10-4-3-7-19-10/h3-4,7H,5-6H2,1-2H3,(H,14,17)(H,15,18). The molecule has 2 N–H and O–H groups in total. The van der Waals surface area contributed by atoms with Crippen LogP contribution in [0, 0.1) is 6.92 Å². The first-order valence-electron chi connectivity index (χ1n) is 6.12. The molecule has 0 aliphatic heterocycles. The van der Waals surface area contributed by atoms with Gasteiger partial charge in [0, 0.05) is 20.0 Å². The van der Waals surface area contributed by atoms with Gasteiger partial charge in [-0.25, -0.2) is 4.98 Å². The lowest BCUT2D eigenvalue weighted by Gasteiger charge is -2.04. The van der Waals surface area contributed by atoms with E-state index in [-0.39, 0.29) is 11.8 Å². The molecule has 0 spiro atoms. The summed E-state index contributed by atoms with van der Waals surface area (Å²) in [6.45, 7) is 4.11. The Bertz CT molecular complexity index is 605. The number of amides is 2. The maximum Gasteiger partial charge on any atom is 0.263 e. The molecular formula is C13H15N3O2S2. The summed E-state index contributed by atoms with van der Waals surface area (Å²) < 4.78 is 0. The summed E-state index contributed by atoms with van der Waals surface area (Å²) in [6, 6.07) is 3.95. The fourth-order valence-electron chi connectivity index (χ4n) is 1.61. The van der Waals surface area contributed by atoms with Gasteiger partial charge in [0.25, 0.3) is 5.91 Å². The lowest BCUT2D eigenvalue weighted by Crippen LogP contribution is -2.33. The Morgan fingerprint density at radius 1 is 1.30 bits per heavy atom. The SMILES string of the molecule is CC(=O)NCCNC(=O)c1sc(-c2cccs2)nc1C. The normalized spacial score (nSPS) is 10.3. The molecule has 0 atom stereocenters. The monoisotopic (exact) mass is 309 g/mol. The minimum atomic E-state index is -0.145. The lowest BCUT2D eigenvalue weighted by molar-refractivity contribution is -0.118. The number of nitrogens with zero attached hydrogens (tertiary/aromatic N) is 1. The first-order chi connectivity index (χ1) is 9.58. The summed E-state index contributed by atoms with van der Waals surface area (Å²) in [6.07, 6.45) is 0. The van der Waals surface area contributed by atoms with E-state index in [4.69, 9.17) is 0 Å². The Morgan fingerprint density at radius 3 is 2.70 bits per heavy atom. The molecule has 0 aliphatic rings. The summed E-state index contributed by atoms with van der Waals surface area (Å²) in [7, 11) is 0. The second-order valence-corrected chi connectivity index (χ2v) is 6.10. The van der Waals surface area contributed by atoms with E-state index < -0.39 is 0 Å². The van der Waals surface area contributed by atoms with E-state index in [0.29, 0.717) is 18.0 Å². The summed E-state index contributed by atoms with van der Waals surface area (Å²) in [5.41, 5.74) is 0.732. The molecular weight excluding hydrogens is 294 g/mol. The van der Waals surface area contributed by atoms with Gasteiger partial charge < -0.3 is 10.6 Å². The van der Waals surface area contributed by atoms with Crippen molar-refractivity contribution in [3.63, 3.8) is 0 Å². The molecule has 0 fully saturated rings. The fourth-order valence-corrected chi connectivity index (χ4v) is 3.39. The predicted molar refractivity (Wildman–Crippen MR) is 81.2 cm³/mol. The third-order valence-corrected chi connectivity index (χ3v) is 4.71. The van der Waals surface area contributed by atoms with Gasteiger partial charge in [0.1, 0.15) is 9.88 Å². The van der Waals surface area contributed by atoms with Crippen molar-refractivity contribution >= 4 is 34.5 Å². The van der Waals surface area contributed by atoms with Gasteiger partial charge in [0.2, 0.25) is 5.91 Å². The lowest BCUT2D eigenvalue weighted by atomic mass is 10.3. The Hall–Kier alpha value is -1.73. The van der Waals surface area contributed by atoms with E-state index in [1.54, 1.807) is 11.3 Å². The maximum atomic E-state index is 12.0. The van der Waals surface area contributed by atoms with Crippen molar-refractivity contribution in [1.82, 2.24) is 15.6 Å². The highest BCUT2D eigenvalue weighted by molar-refractivity contribution is 7.22. The van der Waals surface area contributed by atoms with E-state index in [1.165, 1.54) is 18.3 Å². The van der Waals surface area contributed by atoms with E-state index in [9.17, 15) is 9.59 Å². The smallest absolute Gasteiger partial charge is 0.263 e. The van der Waals surface area contributed by atoms with Gasteiger partial charge in [-0.2, -0.15) is 0 Å². The summed E-state index contributed by atoms with van der Waals surface area (Å²) in [5.74, 6) is -0.249. The van der Waals surface area contributed by atoms with Crippen LogP contribution in [-0.2, 0) is 4.79 Å². The second-order valence-electron chi connectivity index (χ2n) is 4.15. The molecule has 0 unspecified atom stereocenters. The van der Waals surface area contributed by atoms with Crippen LogP contribution in [0.4, 0.5) is 0 Å². The summed E-state index contributed by atoms with van der Waals surface area (Å²) in [5, 5.41) is 8.25. The predicted octanol–water partition coefficient (Wildman–Crippen LogP) is 2.05. The highest BCUT2D eigenvalue weighted by atomic mass is 32.1. The maximum absolute atomic E-state index is 12.0. The molecule has 0 aromatic carbocycles. The zero-order chi connectivity index (χ0) is 14.5. The van der Waals surface area contributed by atoms with Gasteiger partial charge in [-0.05, 0) is 18.4 Å². The van der Waals surface area contributed by atoms with Crippen molar-refractivity contribution in [2.75, 3.05) is 13.1 Å². The molecule has 0 aliphatic carbocycles. The highest BCUT2D eigenvalue weighted by Crippen LogP contribution is 2.30. The Kier molecular flexibility index (Phi) is 4.86. The van der Waals surface area contributed by atoms with Crippen molar-refractivity contribution < 1.29 is 9.59 Å². The van der Waals surface area contributed by atoms with Gasteiger partial charge >= 0.3 is 0 Å². The van der Waals surface area contributed by atoms with Gasteiger partial charge in [-0.15, -0.1) is 22.7 Å². The molecule has 106 valence electrons. The van der Waals surface area contributed by atoms with Crippen molar-refractivity contribution in [3.05, 3.63) is 28.1 Å². The molecule has 0 saturated carbocycles. The number of hydrogen-bond acceptors (Lipinski definition) is 5. The third-order valence-electron chi connectivity index (χ3n) is 2.52. The number of thiazole rings is 1. The molecule has 2 rings (SSSR count). The molecule has 2 aromatic heterocycles. The first kappa shape index (κ1) is 14.7. The average molecular weight is 309 g/mol.